The van der Waals surface area contributed by atoms with Gasteiger partial charge in [-0.2, -0.15) is 15.0 Å². The van der Waals surface area contributed by atoms with Crippen LogP contribution in [-0.4, -0.2) is 24.1 Å². The van der Waals surface area contributed by atoms with Crippen molar-refractivity contribution in [2.75, 3.05) is 0 Å². The van der Waals surface area contributed by atoms with Crippen LogP contribution in [0.15, 0.2) is 236 Å². The Morgan fingerprint density at radius 2 is 0.778 bits per heavy atom. The molecule has 3 aromatic heterocycles. The number of hydrogen-bond acceptors (Lipinski definition) is 3. The third kappa shape index (κ3) is 5.89. The van der Waals surface area contributed by atoms with E-state index in [0.717, 1.165) is 11.1 Å². The molecular formula is C58H39N5. The molecule has 3 heterocycles. The number of nitrogens with zero attached hydrogens (tertiary/aromatic N) is 5. The molecule has 12 rings (SSSR count). The normalized spacial score (nSPS) is 14.7. The van der Waals surface area contributed by atoms with E-state index >= 15 is 0 Å². The average molecular weight is 819 g/mol. The van der Waals surface area contributed by atoms with Crippen LogP contribution in [0.5, 0.6) is 0 Å². The second kappa shape index (κ2) is 14.9. The smallest absolute Gasteiger partial charge is 0.240 e. The van der Waals surface area contributed by atoms with Gasteiger partial charge in [-0.25, -0.2) is 0 Å². The van der Waals surface area contributed by atoms with Gasteiger partial charge in [0.2, 0.25) is 11.9 Å². The Kier molecular flexibility index (Phi) is 6.02. The molecule has 0 amide bonds. The van der Waals surface area contributed by atoms with Gasteiger partial charge in [0, 0.05) is 27.1 Å². The van der Waals surface area contributed by atoms with E-state index in [0.29, 0.717) is 44.1 Å². The van der Waals surface area contributed by atoms with Crippen molar-refractivity contribution in [1.82, 2.24) is 24.1 Å². The van der Waals surface area contributed by atoms with E-state index < -0.39 is 47.7 Å². The summed E-state index contributed by atoms with van der Waals surface area (Å²) in [5.74, 6) is 0.0116. The molecule has 0 fully saturated rings. The Morgan fingerprint density at radius 1 is 0.333 bits per heavy atom. The van der Waals surface area contributed by atoms with Gasteiger partial charge >= 0.3 is 0 Å². The molecule has 0 saturated carbocycles. The SMILES string of the molecule is [2H]c1c([2H])c([2H])c(-c2cccc(C(c3ccccc3)(c3ccccc3)c3cccc(-c4nc(-n5c6ccccc6c6c([2H])c([2H])c([2H])c([2H])c65)nc(-n5c6ccccc6c6c([2H])c([2H])c([2H])c([2H])c65)n4)c3)c2)c([2H])c1[2H]. The van der Waals surface area contributed by atoms with Crippen LogP contribution in [0.25, 0.3) is 78.0 Å². The first-order valence-electron chi connectivity index (χ1n) is 26.8. The molecule has 0 radical (unpaired) electrons. The Labute approximate surface area is 383 Å². The van der Waals surface area contributed by atoms with Gasteiger partial charge < -0.3 is 0 Å². The van der Waals surface area contributed by atoms with Crippen LogP contribution < -0.4 is 0 Å². The number of rotatable bonds is 8. The Bertz CT molecular complexity index is 4180. The minimum Gasteiger partial charge on any atom is -0.278 e. The topological polar surface area (TPSA) is 48.5 Å². The average Bonchev–Trinajstić information content (AvgIpc) is 4.13. The summed E-state index contributed by atoms with van der Waals surface area (Å²) in [4.78, 5) is 15.5. The summed E-state index contributed by atoms with van der Waals surface area (Å²) in [6.45, 7) is 0. The summed E-state index contributed by atoms with van der Waals surface area (Å²) in [5, 5.41) is 1.53. The van der Waals surface area contributed by atoms with E-state index in [4.69, 9.17) is 30.0 Å². The Hall–Kier alpha value is -8.41. The lowest BCUT2D eigenvalue weighted by Crippen LogP contribution is -2.31. The van der Waals surface area contributed by atoms with Crippen molar-refractivity contribution < 1.29 is 17.8 Å². The molecule has 0 unspecified atom stereocenters. The predicted molar refractivity (Wildman–Crippen MR) is 258 cm³/mol. The zero-order chi connectivity index (χ0) is 53.1. The molecule has 296 valence electrons. The highest BCUT2D eigenvalue weighted by atomic mass is 15.3. The fourth-order valence-electron chi connectivity index (χ4n) is 9.01. The largest absolute Gasteiger partial charge is 0.278 e. The summed E-state index contributed by atoms with van der Waals surface area (Å²) in [6, 6.07) is 43.7. The summed E-state index contributed by atoms with van der Waals surface area (Å²) >= 11 is 0. The highest BCUT2D eigenvalue weighted by Crippen LogP contribution is 2.47. The lowest BCUT2D eigenvalue weighted by molar-refractivity contribution is 0.745. The molecule has 0 spiro atoms. The molecule has 0 atom stereocenters. The van der Waals surface area contributed by atoms with Crippen molar-refractivity contribution >= 4 is 43.6 Å². The molecule has 0 saturated heterocycles. The summed E-state index contributed by atoms with van der Waals surface area (Å²) < 4.78 is 118. The van der Waals surface area contributed by atoms with Gasteiger partial charge in [-0.15, -0.1) is 0 Å². The first kappa shape index (κ1) is 25.4. The van der Waals surface area contributed by atoms with E-state index in [-0.39, 0.29) is 81.3 Å². The van der Waals surface area contributed by atoms with E-state index in [1.807, 2.05) is 97.1 Å². The third-order valence-corrected chi connectivity index (χ3v) is 11.7. The summed E-state index contributed by atoms with van der Waals surface area (Å²) in [7, 11) is 0. The zero-order valence-electron chi connectivity index (χ0n) is 46.2. The van der Waals surface area contributed by atoms with Crippen molar-refractivity contribution in [3.63, 3.8) is 0 Å². The van der Waals surface area contributed by atoms with Crippen molar-refractivity contribution in [3.8, 4) is 34.4 Å². The number of fused-ring (bicyclic) bond motifs is 6. The molecule has 0 aliphatic rings. The quantitative estimate of drug-likeness (QED) is 0.144. The molecule has 9 aromatic carbocycles. The highest BCUT2D eigenvalue weighted by molar-refractivity contribution is 6.10. The molecule has 5 heteroatoms. The lowest BCUT2D eigenvalue weighted by Gasteiger charge is -2.37. The van der Waals surface area contributed by atoms with Gasteiger partial charge in [-0.05, 0) is 69.7 Å². The summed E-state index contributed by atoms with van der Waals surface area (Å²) in [6.07, 6.45) is 0. The molecule has 0 bridgehead atoms. The van der Waals surface area contributed by atoms with Gasteiger partial charge in [0.1, 0.15) is 0 Å². The Balaban J connectivity index is 1.19. The minimum absolute atomic E-state index is 0.0443. The van der Waals surface area contributed by atoms with Crippen LogP contribution in [0.1, 0.15) is 40.1 Å². The van der Waals surface area contributed by atoms with Crippen LogP contribution in [0.4, 0.5) is 0 Å². The van der Waals surface area contributed by atoms with Gasteiger partial charge in [0.25, 0.3) is 0 Å². The van der Waals surface area contributed by atoms with Crippen LogP contribution in [0.3, 0.4) is 0 Å². The van der Waals surface area contributed by atoms with Crippen molar-refractivity contribution in [2.45, 2.75) is 5.41 Å². The minimum atomic E-state index is -1.17. The van der Waals surface area contributed by atoms with Gasteiger partial charge in [0.15, 0.2) is 5.82 Å². The molecule has 0 aliphatic heterocycles. The maximum Gasteiger partial charge on any atom is 0.240 e. The fraction of sp³-hybridized carbons (Fsp3) is 0.0172. The maximum atomic E-state index is 9.32. The van der Waals surface area contributed by atoms with Crippen LogP contribution in [0.2, 0.25) is 0 Å². The first-order valence-corrected chi connectivity index (χ1v) is 20.3. The maximum absolute atomic E-state index is 9.32. The van der Waals surface area contributed by atoms with Gasteiger partial charge in [-0.1, -0.05) is 200 Å². The van der Waals surface area contributed by atoms with Gasteiger partial charge in [0.05, 0.1) is 45.3 Å². The first-order chi connectivity index (χ1) is 36.6. The van der Waals surface area contributed by atoms with E-state index in [9.17, 15) is 2.74 Å². The molecule has 5 nitrogen and oxygen atoms in total. The molecule has 63 heavy (non-hydrogen) atoms. The standard InChI is InChI=1S/C58H39N5/c1-4-20-40(21-5-1)41-22-18-28-45(38-41)58(43-24-6-2-7-25-43,44-26-8-3-9-27-44)46-29-19-23-42(39-46)55-59-56(62-51-34-14-10-30-47(51)48-31-11-15-35-52(48)62)61-57(60-55)63-53-36-16-12-32-49(53)50-33-13-17-37-54(50)63/h1-39H/i1D,4D,5D,10D,12D,14D,16D,20D,21D,30D,32D,34D,36D. The fourth-order valence-corrected chi connectivity index (χ4v) is 9.01. The van der Waals surface area contributed by atoms with Crippen LogP contribution in [-0.2, 0) is 5.41 Å². The molecule has 12 aromatic rings. The second-order valence-electron chi connectivity index (χ2n) is 15.1. The summed E-state index contributed by atoms with van der Waals surface area (Å²) in [5.41, 5.74) is 3.96. The van der Waals surface area contributed by atoms with Crippen molar-refractivity contribution in [2.24, 2.45) is 0 Å². The second-order valence-corrected chi connectivity index (χ2v) is 15.1. The zero-order valence-corrected chi connectivity index (χ0v) is 33.2. The van der Waals surface area contributed by atoms with Gasteiger partial charge in [-0.3, -0.25) is 9.13 Å². The molecule has 0 N–H and O–H groups in total. The third-order valence-electron chi connectivity index (χ3n) is 11.7. The predicted octanol–water partition coefficient (Wildman–Crippen LogP) is 13.8. The number of hydrogen-bond donors (Lipinski definition) is 0. The Morgan fingerprint density at radius 3 is 1.33 bits per heavy atom. The van der Waals surface area contributed by atoms with Crippen LogP contribution >= 0.6 is 0 Å². The van der Waals surface area contributed by atoms with E-state index in [2.05, 4.69) is 0 Å². The number of benzene rings is 9. The van der Waals surface area contributed by atoms with E-state index in [1.54, 1.807) is 69.8 Å². The van der Waals surface area contributed by atoms with Crippen molar-refractivity contribution in [3.05, 3.63) is 259 Å². The van der Waals surface area contributed by atoms with Crippen molar-refractivity contribution in [1.29, 1.82) is 0 Å². The monoisotopic (exact) mass is 818 g/mol. The van der Waals surface area contributed by atoms with E-state index in [1.165, 1.54) is 0 Å². The van der Waals surface area contributed by atoms with Crippen LogP contribution in [0, 0.1) is 0 Å². The lowest BCUT2D eigenvalue weighted by atomic mass is 9.64. The number of para-hydroxylation sites is 4. The highest BCUT2D eigenvalue weighted by Gasteiger charge is 2.39. The number of aromatic nitrogens is 5. The molecular weight excluding hydrogens is 767 g/mol. The molecule has 0 aliphatic carbocycles.